The summed E-state index contributed by atoms with van der Waals surface area (Å²) in [4.78, 5) is 15.7. The quantitative estimate of drug-likeness (QED) is 0.173. The third-order valence-electron chi connectivity index (χ3n) is 13.9. The van der Waals surface area contributed by atoms with Crippen molar-refractivity contribution in [3.63, 3.8) is 0 Å². The number of furan rings is 2. The Morgan fingerprint density at radius 2 is 0.924 bits per heavy atom. The summed E-state index contributed by atoms with van der Waals surface area (Å²) in [6.07, 6.45) is 0. The molecule has 4 aromatic heterocycles. The first kappa shape index (κ1) is 36.8. The van der Waals surface area contributed by atoms with Crippen LogP contribution in [0.15, 0.2) is 203 Å². The van der Waals surface area contributed by atoms with Gasteiger partial charge in [0.2, 0.25) is 0 Å². The molecule has 6 heteroatoms. The van der Waals surface area contributed by atoms with Crippen LogP contribution in [0.5, 0.6) is 0 Å². The van der Waals surface area contributed by atoms with E-state index in [1.54, 1.807) is 0 Å². The van der Waals surface area contributed by atoms with Crippen LogP contribution in [0, 0.1) is 0 Å². The Balaban J connectivity index is 0.944. The molecule has 0 atom stereocenters. The molecule has 4 heterocycles. The number of benzene rings is 9. The maximum atomic E-state index is 6.62. The van der Waals surface area contributed by atoms with Gasteiger partial charge >= 0.3 is 0 Å². The van der Waals surface area contributed by atoms with Crippen molar-refractivity contribution in [3.05, 3.63) is 205 Å². The van der Waals surface area contributed by atoms with Gasteiger partial charge in [0, 0.05) is 60.1 Å². The number of hydrogen-bond acceptors (Lipinski definition) is 5. The summed E-state index contributed by atoms with van der Waals surface area (Å²) >= 11 is 0. The Morgan fingerprint density at radius 1 is 0.364 bits per heavy atom. The van der Waals surface area contributed by atoms with Crippen molar-refractivity contribution >= 4 is 65.7 Å². The Morgan fingerprint density at radius 3 is 1.68 bits per heavy atom. The van der Waals surface area contributed by atoms with Crippen molar-refractivity contribution in [1.29, 1.82) is 0 Å². The molecule has 14 rings (SSSR count). The zero-order valence-corrected chi connectivity index (χ0v) is 36.1. The second-order valence-corrected chi connectivity index (χ2v) is 17.9. The minimum Gasteiger partial charge on any atom is -0.456 e. The molecule has 0 spiro atoms. The maximum Gasteiger partial charge on any atom is 0.164 e. The molecule has 0 N–H and O–H groups in total. The molecule has 6 nitrogen and oxygen atoms in total. The van der Waals surface area contributed by atoms with Gasteiger partial charge in [-0.15, -0.1) is 0 Å². The number of rotatable bonds is 5. The molecule has 13 aromatic rings. The minimum atomic E-state index is -0.166. The van der Waals surface area contributed by atoms with Crippen molar-refractivity contribution in [2.24, 2.45) is 0 Å². The number of para-hydroxylation sites is 2. The number of aromatic nitrogens is 4. The normalized spacial score (nSPS) is 13.1. The van der Waals surface area contributed by atoms with Gasteiger partial charge in [-0.1, -0.05) is 147 Å². The van der Waals surface area contributed by atoms with E-state index >= 15 is 0 Å². The first-order chi connectivity index (χ1) is 32.5. The van der Waals surface area contributed by atoms with Crippen molar-refractivity contribution in [2.45, 2.75) is 19.3 Å². The molecule has 0 saturated carbocycles. The largest absolute Gasteiger partial charge is 0.456 e. The summed E-state index contributed by atoms with van der Waals surface area (Å²) < 4.78 is 15.6. The molecule has 1 aliphatic carbocycles. The zero-order chi connectivity index (χ0) is 43.7. The molecule has 0 saturated heterocycles. The predicted octanol–water partition coefficient (Wildman–Crippen LogP) is 15.7. The average Bonchev–Trinajstić information content (AvgIpc) is 4.10. The third-order valence-corrected chi connectivity index (χ3v) is 13.9. The van der Waals surface area contributed by atoms with Gasteiger partial charge in [0.1, 0.15) is 22.3 Å². The number of fused-ring (bicyclic) bond motifs is 12. The van der Waals surface area contributed by atoms with E-state index in [9.17, 15) is 0 Å². The zero-order valence-electron chi connectivity index (χ0n) is 36.1. The Hall–Kier alpha value is -8.61. The van der Waals surface area contributed by atoms with Crippen LogP contribution in [0.25, 0.3) is 128 Å². The highest BCUT2D eigenvalue weighted by Crippen LogP contribution is 2.50. The highest BCUT2D eigenvalue weighted by molar-refractivity contribution is 6.17. The minimum absolute atomic E-state index is 0.166. The molecule has 0 radical (unpaired) electrons. The highest BCUT2D eigenvalue weighted by atomic mass is 16.3. The fourth-order valence-electron chi connectivity index (χ4n) is 10.8. The second-order valence-electron chi connectivity index (χ2n) is 17.9. The summed E-state index contributed by atoms with van der Waals surface area (Å²) in [5.41, 5.74) is 16.5. The van der Waals surface area contributed by atoms with E-state index in [1.807, 2.05) is 30.3 Å². The third kappa shape index (κ3) is 5.33. The van der Waals surface area contributed by atoms with Crippen LogP contribution in [0.2, 0.25) is 0 Å². The molecular formula is C60H38N4O2. The summed E-state index contributed by atoms with van der Waals surface area (Å²) in [6.45, 7) is 4.60. The Kier molecular flexibility index (Phi) is 7.64. The van der Waals surface area contributed by atoms with Gasteiger partial charge in [-0.25, -0.2) is 15.0 Å². The topological polar surface area (TPSA) is 69.9 Å². The van der Waals surface area contributed by atoms with Gasteiger partial charge in [-0.3, -0.25) is 0 Å². The van der Waals surface area contributed by atoms with E-state index in [1.165, 1.54) is 44.1 Å². The highest BCUT2D eigenvalue weighted by Gasteiger charge is 2.35. The Bertz CT molecular complexity index is 4100. The molecule has 0 bridgehead atoms. The average molecular weight is 847 g/mol. The van der Waals surface area contributed by atoms with Crippen molar-refractivity contribution in [3.8, 4) is 62.1 Å². The van der Waals surface area contributed by atoms with Gasteiger partial charge in [0.15, 0.2) is 17.5 Å². The molecule has 66 heavy (non-hydrogen) atoms. The fourth-order valence-corrected chi connectivity index (χ4v) is 10.8. The molecule has 1 aliphatic rings. The smallest absolute Gasteiger partial charge is 0.164 e. The monoisotopic (exact) mass is 846 g/mol. The van der Waals surface area contributed by atoms with E-state index in [2.05, 4.69) is 182 Å². The van der Waals surface area contributed by atoms with E-state index in [4.69, 9.17) is 23.8 Å². The van der Waals surface area contributed by atoms with Crippen LogP contribution in [-0.2, 0) is 5.41 Å². The van der Waals surface area contributed by atoms with E-state index in [0.717, 1.165) is 77.4 Å². The summed E-state index contributed by atoms with van der Waals surface area (Å²) in [5, 5.41) is 6.52. The van der Waals surface area contributed by atoms with E-state index < -0.39 is 0 Å². The Labute approximate surface area is 379 Å². The van der Waals surface area contributed by atoms with Gasteiger partial charge in [0.25, 0.3) is 0 Å². The molecule has 9 aromatic carbocycles. The lowest BCUT2D eigenvalue weighted by Gasteiger charge is -2.21. The fraction of sp³-hybridized carbons (Fsp3) is 0.0500. The molecule has 0 fully saturated rings. The predicted molar refractivity (Wildman–Crippen MR) is 268 cm³/mol. The van der Waals surface area contributed by atoms with Crippen LogP contribution in [-0.4, -0.2) is 19.5 Å². The van der Waals surface area contributed by atoms with Gasteiger partial charge in [-0.05, 0) is 94.0 Å². The van der Waals surface area contributed by atoms with Crippen LogP contribution >= 0.6 is 0 Å². The molecule has 0 unspecified atom stereocenters. The standard InChI is InChI=1S/C60H38N4O2/c1-60(2)47-21-9-6-16-40(47)41-29-26-37(33-48(41)60)58-61-57(35-14-4-3-5-15-35)62-59(63-58)44-20-13-25-54-56(44)45-32-36(27-30-51(45)65-54)39-19-12-24-53-55(39)46-34-38(28-31-52(46)66-53)64-49-22-10-7-17-42(49)43-18-8-11-23-50(43)64/h3-34H,1-2H3. The molecule has 310 valence electrons. The first-order valence-electron chi connectivity index (χ1n) is 22.4. The van der Waals surface area contributed by atoms with Crippen LogP contribution in [0.1, 0.15) is 25.0 Å². The van der Waals surface area contributed by atoms with E-state index in [0.29, 0.717) is 17.5 Å². The van der Waals surface area contributed by atoms with Crippen LogP contribution < -0.4 is 0 Å². The van der Waals surface area contributed by atoms with Gasteiger partial charge in [0.05, 0.1) is 11.0 Å². The molecule has 0 aliphatic heterocycles. The van der Waals surface area contributed by atoms with Crippen LogP contribution in [0.4, 0.5) is 0 Å². The molecular weight excluding hydrogens is 809 g/mol. The van der Waals surface area contributed by atoms with Crippen molar-refractivity contribution in [1.82, 2.24) is 19.5 Å². The first-order valence-corrected chi connectivity index (χ1v) is 22.4. The lowest BCUT2D eigenvalue weighted by Crippen LogP contribution is -2.15. The molecule has 0 amide bonds. The maximum absolute atomic E-state index is 6.62. The lowest BCUT2D eigenvalue weighted by atomic mass is 9.82. The summed E-state index contributed by atoms with van der Waals surface area (Å²) in [7, 11) is 0. The van der Waals surface area contributed by atoms with Crippen LogP contribution in [0.3, 0.4) is 0 Å². The van der Waals surface area contributed by atoms with Crippen molar-refractivity contribution in [2.75, 3.05) is 0 Å². The number of nitrogens with zero attached hydrogens (tertiary/aromatic N) is 4. The summed E-state index contributed by atoms with van der Waals surface area (Å²) in [5.74, 6) is 1.82. The number of hydrogen-bond donors (Lipinski definition) is 0. The SMILES string of the molecule is CC1(C)c2ccccc2-c2ccc(-c3nc(-c4ccccc4)nc(-c4cccc5oc6ccc(-c7cccc8oc9ccc(-n%10c%11ccccc%11c%11ccccc%11%10)cc9c78)cc6c45)n3)cc21. The van der Waals surface area contributed by atoms with Gasteiger partial charge in [-0.2, -0.15) is 0 Å². The second kappa shape index (κ2) is 13.7. The summed E-state index contributed by atoms with van der Waals surface area (Å²) in [6, 6.07) is 68.3. The van der Waals surface area contributed by atoms with Crippen molar-refractivity contribution < 1.29 is 8.83 Å². The lowest BCUT2D eigenvalue weighted by molar-refractivity contribution is 0.660. The van der Waals surface area contributed by atoms with Gasteiger partial charge < -0.3 is 13.4 Å². The van der Waals surface area contributed by atoms with E-state index in [-0.39, 0.29) is 5.41 Å².